The van der Waals surface area contributed by atoms with Crippen LogP contribution in [0, 0.1) is 6.92 Å². The lowest BCUT2D eigenvalue weighted by Crippen LogP contribution is -2.25. The molecule has 4 rings (SSSR count). The maximum absolute atomic E-state index is 13.0. The van der Waals surface area contributed by atoms with Crippen LogP contribution in [0.1, 0.15) is 62.8 Å². The van der Waals surface area contributed by atoms with Gasteiger partial charge in [-0.1, -0.05) is 29.5 Å². The zero-order valence-corrected chi connectivity index (χ0v) is 22.3. The maximum Gasteiger partial charge on any atom is 0.341 e. The van der Waals surface area contributed by atoms with Gasteiger partial charge in [-0.25, -0.2) is 4.79 Å². The molecule has 3 aromatic rings. The molecule has 0 unspecified atom stereocenters. The average molecular weight is 528 g/mol. The summed E-state index contributed by atoms with van der Waals surface area (Å²) < 4.78 is 7.00. The second-order valence-corrected chi connectivity index (χ2v) is 11.0. The number of aryl methyl sites for hydroxylation is 2. The van der Waals surface area contributed by atoms with Crippen molar-refractivity contribution in [1.82, 2.24) is 20.1 Å². The molecule has 1 aliphatic carbocycles. The van der Waals surface area contributed by atoms with Gasteiger partial charge in [0.05, 0.1) is 24.0 Å². The molecule has 0 spiro atoms. The van der Waals surface area contributed by atoms with Crippen molar-refractivity contribution in [3.05, 3.63) is 57.2 Å². The molecule has 0 aliphatic heterocycles. The molecule has 1 atom stereocenters. The Morgan fingerprint density at radius 3 is 2.81 bits per heavy atom. The molecule has 0 fully saturated rings. The second kappa shape index (κ2) is 11.3. The third-order valence-electron chi connectivity index (χ3n) is 5.90. The van der Waals surface area contributed by atoms with Gasteiger partial charge in [0.15, 0.2) is 11.0 Å². The summed E-state index contributed by atoms with van der Waals surface area (Å²) in [7, 11) is 1.80. The third-order valence-corrected chi connectivity index (χ3v) is 8.24. The topological polar surface area (TPSA) is 115 Å². The number of rotatable bonds is 9. The number of amides is 2. The molecule has 2 N–H and O–H groups in total. The molecule has 2 amide bonds. The van der Waals surface area contributed by atoms with Crippen LogP contribution in [0.2, 0.25) is 0 Å². The van der Waals surface area contributed by atoms with Crippen LogP contribution >= 0.6 is 23.1 Å². The van der Waals surface area contributed by atoms with Crippen molar-refractivity contribution >= 4 is 45.9 Å². The molecule has 11 heteroatoms. The minimum Gasteiger partial charge on any atom is -0.462 e. The number of nitrogens with one attached hydrogen (secondary N) is 2. The fourth-order valence-corrected chi connectivity index (χ4v) is 6.10. The number of thiophene rings is 1. The maximum atomic E-state index is 13.0. The number of ether oxygens (including phenoxy) is 1. The molecule has 36 heavy (non-hydrogen) atoms. The number of carbonyl (C=O) groups is 3. The van der Waals surface area contributed by atoms with Gasteiger partial charge in [-0.2, -0.15) is 0 Å². The summed E-state index contributed by atoms with van der Waals surface area (Å²) in [4.78, 5) is 39.1. The average Bonchev–Trinajstić information content (AvgIpc) is 3.53. The lowest BCUT2D eigenvalue weighted by atomic mass is 10.1. The van der Waals surface area contributed by atoms with E-state index in [1.807, 2.05) is 25.1 Å². The van der Waals surface area contributed by atoms with Crippen molar-refractivity contribution in [1.29, 1.82) is 0 Å². The number of carbonyl (C=O) groups excluding carboxylic acids is 3. The Balaban J connectivity index is 1.38. The van der Waals surface area contributed by atoms with Crippen LogP contribution in [0.5, 0.6) is 0 Å². The Kier molecular flexibility index (Phi) is 8.10. The number of fused-ring (bicyclic) bond motifs is 1. The Labute approximate surface area is 218 Å². The number of anilines is 1. The Hall–Kier alpha value is -3.18. The van der Waals surface area contributed by atoms with E-state index >= 15 is 0 Å². The van der Waals surface area contributed by atoms with Crippen LogP contribution in [-0.4, -0.2) is 44.4 Å². The number of nitrogens with zero attached hydrogens (tertiary/aromatic N) is 3. The predicted octanol–water partition coefficient (Wildman–Crippen LogP) is 3.90. The zero-order chi connectivity index (χ0) is 25.8. The van der Waals surface area contributed by atoms with Crippen LogP contribution in [0.15, 0.2) is 29.4 Å². The van der Waals surface area contributed by atoms with Gasteiger partial charge >= 0.3 is 5.97 Å². The smallest absolute Gasteiger partial charge is 0.341 e. The normalized spacial score (nSPS) is 13.2. The summed E-state index contributed by atoms with van der Waals surface area (Å²) in [5, 5.41) is 14.8. The van der Waals surface area contributed by atoms with E-state index in [1.54, 1.807) is 31.5 Å². The van der Waals surface area contributed by atoms with Gasteiger partial charge in [0.1, 0.15) is 5.00 Å². The molecule has 2 heterocycles. The van der Waals surface area contributed by atoms with Crippen LogP contribution < -0.4 is 10.6 Å². The molecule has 0 bridgehead atoms. The monoisotopic (exact) mass is 527 g/mol. The Morgan fingerprint density at radius 1 is 1.25 bits per heavy atom. The highest BCUT2D eigenvalue weighted by molar-refractivity contribution is 8.00. The van der Waals surface area contributed by atoms with Gasteiger partial charge in [0, 0.05) is 17.5 Å². The highest BCUT2D eigenvalue weighted by atomic mass is 32.2. The number of benzene rings is 1. The molecule has 0 saturated heterocycles. The standard InChI is InChI=1S/C25H29N5O4S2/c1-5-34-24(33)20-17-10-7-11-18(17)36-23(20)27-21(31)15(3)35-25-29-28-19(30(25)4)13-26-22(32)16-9-6-8-14(2)12-16/h6,8-9,12,15H,5,7,10-11,13H2,1-4H3,(H,26,32)(H,27,31)/t15-/m0/s1. The first-order valence-electron chi connectivity index (χ1n) is 11.8. The summed E-state index contributed by atoms with van der Waals surface area (Å²) in [5.41, 5.74) is 3.08. The van der Waals surface area contributed by atoms with Gasteiger partial charge in [0.2, 0.25) is 5.91 Å². The van der Waals surface area contributed by atoms with Crippen molar-refractivity contribution in [2.75, 3.05) is 11.9 Å². The van der Waals surface area contributed by atoms with Gasteiger partial charge in [-0.05, 0) is 57.7 Å². The first-order chi connectivity index (χ1) is 17.3. The summed E-state index contributed by atoms with van der Waals surface area (Å²) in [6.45, 7) is 5.97. The van der Waals surface area contributed by atoms with Crippen molar-refractivity contribution in [3.8, 4) is 0 Å². The van der Waals surface area contributed by atoms with E-state index in [-0.39, 0.29) is 25.0 Å². The Morgan fingerprint density at radius 2 is 2.06 bits per heavy atom. The molecule has 1 aromatic carbocycles. The van der Waals surface area contributed by atoms with E-state index in [0.717, 1.165) is 35.3 Å². The van der Waals surface area contributed by atoms with Gasteiger partial charge in [-0.15, -0.1) is 21.5 Å². The Bertz CT molecular complexity index is 1300. The van der Waals surface area contributed by atoms with E-state index in [1.165, 1.54) is 23.1 Å². The minimum atomic E-state index is -0.491. The van der Waals surface area contributed by atoms with E-state index in [2.05, 4.69) is 20.8 Å². The highest BCUT2D eigenvalue weighted by Crippen LogP contribution is 2.40. The summed E-state index contributed by atoms with van der Waals surface area (Å²) in [6.07, 6.45) is 2.74. The number of hydrogen-bond acceptors (Lipinski definition) is 8. The van der Waals surface area contributed by atoms with Crippen molar-refractivity contribution < 1.29 is 19.1 Å². The van der Waals surface area contributed by atoms with Gasteiger partial charge < -0.3 is 19.9 Å². The number of esters is 1. The SMILES string of the molecule is CCOC(=O)c1c(NC(=O)[C@H](C)Sc2nnc(CNC(=O)c3cccc(C)c3)n2C)sc2c1CCC2. The van der Waals surface area contributed by atoms with Crippen LogP contribution in [0.3, 0.4) is 0 Å². The van der Waals surface area contributed by atoms with E-state index < -0.39 is 11.2 Å². The first-order valence-corrected chi connectivity index (χ1v) is 13.5. The fraction of sp³-hybridized carbons (Fsp3) is 0.400. The fourth-order valence-electron chi connectivity index (χ4n) is 3.99. The highest BCUT2D eigenvalue weighted by Gasteiger charge is 2.29. The largest absolute Gasteiger partial charge is 0.462 e. The molecule has 9 nitrogen and oxygen atoms in total. The zero-order valence-electron chi connectivity index (χ0n) is 20.7. The van der Waals surface area contributed by atoms with Crippen molar-refractivity contribution in [3.63, 3.8) is 0 Å². The molecule has 2 aromatic heterocycles. The van der Waals surface area contributed by atoms with Crippen molar-refractivity contribution in [2.24, 2.45) is 7.05 Å². The predicted molar refractivity (Wildman–Crippen MR) is 140 cm³/mol. The van der Waals surface area contributed by atoms with Crippen LogP contribution in [0.25, 0.3) is 0 Å². The minimum absolute atomic E-state index is 0.191. The van der Waals surface area contributed by atoms with Crippen molar-refractivity contribution in [2.45, 2.75) is 57.0 Å². The van der Waals surface area contributed by atoms with Crippen LogP contribution in [0.4, 0.5) is 5.00 Å². The number of hydrogen-bond donors (Lipinski definition) is 2. The first kappa shape index (κ1) is 25.9. The van der Waals surface area contributed by atoms with Crippen LogP contribution in [-0.2, 0) is 36.0 Å². The third kappa shape index (κ3) is 5.62. The lowest BCUT2D eigenvalue weighted by Gasteiger charge is -2.12. The quantitative estimate of drug-likeness (QED) is 0.320. The lowest BCUT2D eigenvalue weighted by molar-refractivity contribution is -0.115. The summed E-state index contributed by atoms with van der Waals surface area (Å²) >= 11 is 2.71. The number of aromatic nitrogens is 3. The molecule has 1 aliphatic rings. The summed E-state index contributed by atoms with van der Waals surface area (Å²) in [6, 6.07) is 7.36. The molecule has 0 saturated carbocycles. The summed E-state index contributed by atoms with van der Waals surface area (Å²) in [5.74, 6) is -0.241. The van der Waals surface area contributed by atoms with Gasteiger partial charge in [0.25, 0.3) is 5.91 Å². The van der Waals surface area contributed by atoms with E-state index in [4.69, 9.17) is 4.74 Å². The van der Waals surface area contributed by atoms with E-state index in [9.17, 15) is 14.4 Å². The number of thioether (sulfide) groups is 1. The molecule has 190 valence electrons. The van der Waals surface area contributed by atoms with E-state index in [0.29, 0.717) is 27.1 Å². The molecular formula is C25H29N5O4S2. The molecule has 0 radical (unpaired) electrons. The van der Waals surface area contributed by atoms with Gasteiger partial charge in [-0.3, -0.25) is 9.59 Å². The second-order valence-electron chi connectivity index (χ2n) is 8.54. The molecular weight excluding hydrogens is 498 g/mol.